The first kappa shape index (κ1) is 27.0. The van der Waals surface area contributed by atoms with Gasteiger partial charge in [-0.2, -0.15) is 0 Å². The van der Waals surface area contributed by atoms with Crippen LogP contribution in [0.3, 0.4) is 0 Å². The predicted octanol–water partition coefficient (Wildman–Crippen LogP) is 7.50. The number of amides is 2. The number of rotatable bonds is 11. The molecule has 0 aliphatic carbocycles. The van der Waals surface area contributed by atoms with E-state index in [4.69, 9.17) is 4.74 Å². The summed E-state index contributed by atoms with van der Waals surface area (Å²) in [4.78, 5) is 28.9. The van der Waals surface area contributed by atoms with E-state index in [1.807, 2.05) is 104 Å². The molecule has 0 radical (unpaired) electrons. The summed E-state index contributed by atoms with van der Waals surface area (Å²) in [6, 6.07) is 35.4. The Morgan fingerprint density at radius 1 is 0.789 bits per heavy atom. The van der Waals surface area contributed by atoms with Crippen molar-refractivity contribution < 1.29 is 14.3 Å². The smallest absolute Gasteiger partial charge is 0.322 e. The Balaban J connectivity index is 1.47. The second kappa shape index (κ2) is 14.1. The van der Waals surface area contributed by atoms with Gasteiger partial charge in [-0.25, -0.2) is 4.79 Å². The van der Waals surface area contributed by atoms with E-state index < -0.39 is 0 Å². The van der Waals surface area contributed by atoms with Crippen molar-refractivity contribution in [2.45, 2.75) is 42.5 Å². The van der Waals surface area contributed by atoms with Gasteiger partial charge in [-0.05, 0) is 66.4 Å². The zero-order chi connectivity index (χ0) is 26.6. The van der Waals surface area contributed by atoms with Crippen LogP contribution in [0.15, 0.2) is 119 Å². The molecule has 0 spiro atoms. The summed E-state index contributed by atoms with van der Waals surface area (Å²) in [5.41, 5.74) is 3.07. The highest BCUT2D eigenvalue weighted by atomic mass is 32.2. The lowest BCUT2D eigenvalue weighted by Crippen LogP contribution is -2.41. The van der Waals surface area contributed by atoms with Crippen LogP contribution in [0.5, 0.6) is 5.75 Å². The number of carbonyl (C=O) groups excluding carboxylic acids is 2. The van der Waals surface area contributed by atoms with Crippen LogP contribution in [0.1, 0.15) is 30.9 Å². The molecule has 0 atom stereocenters. The van der Waals surface area contributed by atoms with Crippen LogP contribution in [0.4, 0.5) is 10.5 Å². The van der Waals surface area contributed by atoms with Crippen molar-refractivity contribution in [3.8, 4) is 5.75 Å². The number of nitrogens with zero attached hydrogens (tertiary/aromatic N) is 1. The van der Waals surface area contributed by atoms with Gasteiger partial charge in [0.15, 0.2) is 0 Å². The van der Waals surface area contributed by atoms with Gasteiger partial charge in [0, 0.05) is 35.0 Å². The lowest BCUT2D eigenvalue weighted by Gasteiger charge is -2.24. The molecule has 38 heavy (non-hydrogen) atoms. The van der Waals surface area contributed by atoms with Gasteiger partial charge in [-0.3, -0.25) is 9.69 Å². The van der Waals surface area contributed by atoms with Crippen molar-refractivity contribution in [2.24, 2.45) is 0 Å². The largest absolute Gasteiger partial charge is 0.427 e. The highest BCUT2D eigenvalue weighted by Crippen LogP contribution is 2.32. The Morgan fingerprint density at radius 2 is 1.47 bits per heavy atom. The van der Waals surface area contributed by atoms with E-state index in [1.165, 1.54) is 5.56 Å². The SMILES string of the molecule is CCCC(=O)Oc1ccc(Sc2cccc(N(CCc3ccccc3)C(=O)NCc3ccccc3)c2)cc1. The van der Waals surface area contributed by atoms with Crippen molar-refractivity contribution in [3.05, 3.63) is 120 Å². The van der Waals surface area contributed by atoms with Gasteiger partial charge in [0.2, 0.25) is 0 Å². The number of esters is 1. The number of benzene rings is 4. The third kappa shape index (κ3) is 8.25. The molecule has 0 fully saturated rings. The molecule has 0 aliphatic heterocycles. The van der Waals surface area contributed by atoms with Gasteiger partial charge >= 0.3 is 12.0 Å². The molecule has 6 heteroatoms. The quantitative estimate of drug-likeness (QED) is 0.163. The molecule has 0 unspecified atom stereocenters. The molecule has 0 saturated carbocycles. The van der Waals surface area contributed by atoms with Crippen molar-refractivity contribution in [2.75, 3.05) is 11.4 Å². The van der Waals surface area contributed by atoms with E-state index in [2.05, 4.69) is 17.4 Å². The maximum Gasteiger partial charge on any atom is 0.322 e. The summed E-state index contributed by atoms with van der Waals surface area (Å²) in [5.74, 6) is 0.325. The van der Waals surface area contributed by atoms with Gasteiger partial charge < -0.3 is 10.1 Å². The topological polar surface area (TPSA) is 58.6 Å². The minimum Gasteiger partial charge on any atom is -0.427 e. The van der Waals surface area contributed by atoms with Crippen LogP contribution in [-0.4, -0.2) is 18.5 Å². The minimum atomic E-state index is -0.221. The fourth-order valence-corrected chi connectivity index (χ4v) is 4.79. The van der Waals surface area contributed by atoms with Gasteiger partial charge in [-0.15, -0.1) is 0 Å². The van der Waals surface area contributed by atoms with Crippen LogP contribution < -0.4 is 15.0 Å². The van der Waals surface area contributed by atoms with Gasteiger partial charge in [0.25, 0.3) is 0 Å². The number of nitrogens with one attached hydrogen (secondary N) is 1. The second-order valence-electron chi connectivity index (χ2n) is 8.83. The number of ether oxygens (including phenoxy) is 1. The number of carbonyl (C=O) groups is 2. The van der Waals surface area contributed by atoms with E-state index in [1.54, 1.807) is 16.7 Å². The molecule has 194 valence electrons. The van der Waals surface area contributed by atoms with Crippen molar-refractivity contribution in [1.82, 2.24) is 5.32 Å². The zero-order valence-electron chi connectivity index (χ0n) is 21.5. The van der Waals surface area contributed by atoms with Gasteiger partial charge in [0.1, 0.15) is 5.75 Å². The minimum absolute atomic E-state index is 0.134. The molecule has 0 aliphatic rings. The number of hydrogen-bond acceptors (Lipinski definition) is 4. The summed E-state index contributed by atoms with van der Waals surface area (Å²) in [5, 5.41) is 3.07. The molecule has 1 N–H and O–H groups in total. The molecule has 0 heterocycles. The molecule has 4 aromatic rings. The van der Waals surface area contributed by atoms with Crippen molar-refractivity contribution in [1.29, 1.82) is 0 Å². The fraction of sp³-hybridized carbons (Fsp3) is 0.188. The number of hydrogen-bond donors (Lipinski definition) is 1. The summed E-state index contributed by atoms with van der Waals surface area (Å²) in [6.07, 6.45) is 1.91. The predicted molar refractivity (Wildman–Crippen MR) is 154 cm³/mol. The Bertz CT molecular complexity index is 1310. The van der Waals surface area contributed by atoms with Crippen LogP contribution >= 0.6 is 11.8 Å². The maximum absolute atomic E-state index is 13.3. The van der Waals surface area contributed by atoms with E-state index in [0.717, 1.165) is 33.9 Å². The van der Waals surface area contributed by atoms with Crippen LogP contribution in [0.2, 0.25) is 0 Å². The fourth-order valence-electron chi connectivity index (χ4n) is 3.92. The van der Waals surface area contributed by atoms with Crippen LogP contribution in [0, 0.1) is 0 Å². The van der Waals surface area contributed by atoms with Crippen molar-refractivity contribution in [3.63, 3.8) is 0 Å². The zero-order valence-corrected chi connectivity index (χ0v) is 22.3. The van der Waals surface area contributed by atoms with Crippen LogP contribution in [-0.2, 0) is 17.8 Å². The Labute approximate surface area is 228 Å². The molecule has 0 aromatic heterocycles. The summed E-state index contributed by atoms with van der Waals surface area (Å²) in [6.45, 7) is 2.96. The third-order valence-electron chi connectivity index (χ3n) is 5.87. The maximum atomic E-state index is 13.3. The Hall–Kier alpha value is -4.03. The Kier molecular flexibility index (Phi) is 9.99. The van der Waals surface area contributed by atoms with E-state index in [0.29, 0.717) is 25.3 Å². The van der Waals surface area contributed by atoms with Crippen LogP contribution in [0.25, 0.3) is 0 Å². The first-order valence-electron chi connectivity index (χ1n) is 12.8. The summed E-state index contributed by atoms with van der Waals surface area (Å²) in [7, 11) is 0. The first-order chi connectivity index (χ1) is 18.6. The van der Waals surface area contributed by atoms with E-state index in [9.17, 15) is 9.59 Å². The summed E-state index contributed by atoms with van der Waals surface area (Å²) >= 11 is 1.59. The molecule has 4 rings (SSSR count). The van der Waals surface area contributed by atoms with Gasteiger partial charge in [-0.1, -0.05) is 85.4 Å². The monoisotopic (exact) mass is 524 g/mol. The van der Waals surface area contributed by atoms with Gasteiger partial charge in [0.05, 0.1) is 0 Å². The molecular formula is C32H32N2O3S. The first-order valence-corrected chi connectivity index (χ1v) is 13.6. The average Bonchev–Trinajstić information content (AvgIpc) is 2.95. The average molecular weight is 525 g/mol. The lowest BCUT2D eigenvalue weighted by molar-refractivity contribution is -0.134. The highest BCUT2D eigenvalue weighted by molar-refractivity contribution is 7.99. The molecular weight excluding hydrogens is 492 g/mol. The lowest BCUT2D eigenvalue weighted by atomic mass is 10.1. The molecule has 0 bridgehead atoms. The molecule has 2 amide bonds. The summed E-state index contributed by atoms with van der Waals surface area (Å²) < 4.78 is 5.36. The Morgan fingerprint density at radius 3 is 2.16 bits per heavy atom. The molecule has 5 nitrogen and oxygen atoms in total. The standard InChI is InChI=1S/C32H32N2O3S/c1-2-10-31(35)37-28-17-19-29(20-18-28)38-30-16-9-15-27(23-30)34(22-21-25-11-5-3-6-12-25)32(36)33-24-26-13-7-4-8-14-26/h3-9,11-20,23H,2,10,21-22,24H2,1H3,(H,33,36). The normalized spacial score (nSPS) is 10.6. The molecule has 0 saturated heterocycles. The van der Waals surface area contributed by atoms with E-state index in [-0.39, 0.29) is 12.0 Å². The number of anilines is 1. The second-order valence-corrected chi connectivity index (χ2v) is 9.97. The van der Waals surface area contributed by atoms with Crippen molar-refractivity contribution >= 4 is 29.4 Å². The third-order valence-corrected chi connectivity index (χ3v) is 6.87. The number of urea groups is 1. The molecule has 4 aromatic carbocycles. The highest BCUT2D eigenvalue weighted by Gasteiger charge is 2.16. The van der Waals surface area contributed by atoms with E-state index >= 15 is 0 Å².